The number of halogens is 3. The van der Waals surface area contributed by atoms with E-state index in [0.717, 1.165) is 5.56 Å². The van der Waals surface area contributed by atoms with Crippen LogP contribution in [0.15, 0.2) is 24.3 Å². The Hall–Kier alpha value is -0.710. The Bertz CT molecular complexity index is 417. The van der Waals surface area contributed by atoms with E-state index in [4.69, 9.17) is 34.8 Å². The molecule has 100 valence electrons. The van der Waals surface area contributed by atoms with Crippen LogP contribution in [-0.2, 0) is 0 Å². The minimum atomic E-state index is -1.77. The Morgan fingerprint density at radius 1 is 1.28 bits per heavy atom. The third-order valence-electron chi connectivity index (χ3n) is 2.54. The van der Waals surface area contributed by atoms with Gasteiger partial charge in [0.2, 0.25) is 9.83 Å². The molecule has 0 aliphatic carbocycles. The number of hydrogen-bond donors (Lipinski definition) is 1. The second-order valence-corrected chi connectivity index (χ2v) is 6.42. The number of aryl methyl sites for hydroxylation is 1. The Labute approximate surface area is 120 Å². The topological polar surface area (TPSA) is 55.2 Å². The zero-order chi connectivity index (χ0) is 13.9. The van der Waals surface area contributed by atoms with Gasteiger partial charge in [-0.25, -0.2) is 0 Å². The predicted molar refractivity (Wildman–Crippen MR) is 75.3 cm³/mol. The maximum absolute atomic E-state index is 10.8. The first-order valence-electron chi connectivity index (χ1n) is 5.25. The fourth-order valence-corrected chi connectivity index (χ4v) is 2.14. The van der Waals surface area contributed by atoms with Gasteiger partial charge in [0.1, 0.15) is 6.04 Å². The van der Waals surface area contributed by atoms with E-state index in [0.29, 0.717) is 5.69 Å². The number of rotatable bonds is 4. The van der Waals surface area contributed by atoms with E-state index in [2.05, 4.69) is 5.32 Å². The van der Waals surface area contributed by atoms with Crippen LogP contribution >= 0.6 is 34.8 Å². The molecule has 0 spiro atoms. The summed E-state index contributed by atoms with van der Waals surface area (Å²) >= 11 is 17.3. The highest BCUT2D eigenvalue weighted by Crippen LogP contribution is 2.34. The van der Waals surface area contributed by atoms with Gasteiger partial charge in [-0.05, 0) is 19.1 Å². The predicted octanol–water partition coefficient (Wildman–Crippen LogP) is 3.81. The molecular weight excluding hydrogens is 298 g/mol. The lowest BCUT2D eigenvalue weighted by atomic mass is 10.1. The van der Waals surface area contributed by atoms with Crippen molar-refractivity contribution in [1.29, 1.82) is 0 Å². The van der Waals surface area contributed by atoms with Crippen LogP contribution in [0.2, 0.25) is 0 Å². The highest BCUT2D eigenvalue weighted by molar-refractivity contribution is 6.68. The maximum atomic E-state index is 10.8. The van der Waals surface area contributed by atoms with Crippen molar-refractivity contribution in [2.45, 2.75) is 29.7 Å². The molecule has 0 saturated carbocycles. The van der Waals surface area contributed by atoms with Gasteiger partial charge in [0.15, 0.2) is 0 Å². The molecule has 0 aliphatic rings. The van der Waals surface area contributed by atoms with Crippen molar-refractivity contribution >= 4 is 40.5 Å². The summed E-state index contributed by atoms with van der Waals surface area (Å²) in [6, 6.07) is 5.36. The SMILES string of the molecule is Cc1ccc(NC(C(C)[N+](=O)[O-])C(Cl)(Cl)Cl)cc1. The normalized spacial score (nSPS) is 14.9. The molecule has 1 rings (SSSR count). The van der Waals surface area contributed by atoms with E-state index >= 15 is 0 Å². The monoisotopic (exact) mass is 310 g/mol. The molecule has 18 heavy (non-hydrogen) atoms. The molecule has 0 bridgehead atoms. The van der Waals surface area contributed by atoms with Crippen molar-refractivity contribution in [3.8, 4) is 0 Å². The van der Waals surface area contributed by atoms with Crippen molar-refractivity contribution in [3.63, 3.8) is 0 Å². The van der Waals surface area contributed by atoms with Crippen LogP contribution in [0.25, 0.3) is 0 Å². The molecular formula is C11H13Cl3N2O2. The van der Waals surface area contributed by atoms with Crippen LogP contribution in [0.3, 0.4) is 0 Å². The Kier molecular flexibility index (Phi) is 5.08. The molecule has 0 heterocycles. The van der Waals surface area contributed by atoms with Crippen molar-refractivity contribution < 1.29 is 4.92 Å². The summed E-state index contributed by atoms with van der Waals surface area (Å²) < 4.78 is -1.77. The summed E-state index contributed by atoms with van der Waals surface area (Å²) in [7, 11) is 0. The lowest BCUT2D eigenvalue weighted by Gasteiger charge is -2.27. The highest BCUT2D eigenvalue weighted by atomic mass is 35.6. The fraction of sp³-hybridized carbons (Fsp3) is 0.455. The van der Waals surface area contributed by atoms with Crippen LogP contribution < -0.4 is 5.32 Å². The molecule has 1 N–H and O–H groups in total. The smallest absolute Gasteiger partial charge is 0.234 e. The number of alkyl halides is 3. The number of nitrogens with one attached hydrogen (secondary N) is 1. The third-order valence-corrected chi connectivity index (χ3v) is 3.25. The first-order chi connectivity index (χ1) is 8.21. The summed E-state index contributed by atoms with van der Waals surface area (Å²) in [5, 5.41) is 13.7. The van der Waals surface area contributed by atoms with Gasteiger partial charge in [-0.15, -0.1) is 0 Å². The Balaban J connectivity index is 2.92. The molecule has 1 aromatic rings. The average molecular weight is 312 g/mol. The summed E-state index contributed by atoms with van der Waals surface area (Å²) in [4.78, 5) is 10.3. The first kappa shape index (κ1) is 15.3. The Morgan fingerprint density at radius 2 is 1.78 bits per heavy atom. The van der Waals surface area contributed by atoms with Crippen LogP contribution in [-0.4, -0.2) is 20.8 Å². The van der Waals surface area contributed by atoms with E-state index in [9.17, 15) is 10.1 Å². The minimum absolute atomic E-state index is 0.478. The van der Waals surface area contributed by atoms with Gasteiger partial charge in [-0.1, -0.05) is 52.5 Å². The molecule has 7 heteroatoms. The highest BCUT2D eigenvalue weighted by Gasteiger charge is 2.42. The maximum Gasteiger partial charge on any atom is 0.234 e. The minimum Gasteiger partial charge on any atom is -0.372 e. The molecule has 0 amide bonds. The van der Waals surface area contributed by atoms with E-state index < -0.39 is 20.8 Å². The van der Waals surface area contributed by atoms with Crippen LogP contribution in [0, 0.1) is 17.0 Å². The molecule has 0 fully saturated rings. The number of hydrogen-bond acceptors (Lipinski definition) is 3. The number of benzene rings is 1. The zero-order valence-electron chi connectivity index (χ0n) is 9.86. The van der Waals surface area contributed by atoms with E-state index in [-0.39, 0.29) is 0 Å². The van der Waals surface area contributed by atoms with Gasteiger partial charge in [0.05, 0.1) is 0 Å². The molecule has 0 saturated heterocycles. The number of nitro groups is 1. The molecule has 0 aliphatic heterocycles. The lowest BCUT2D eigenvalue weighted by Crippen LogP contribution is -2.46. The largest absolute Gasteiger partial charge is 0.372 e. The van der Waals surface area contributed by atoms with Crippen molar-refractivity contribution in [1.82, 2.24) is 0 Å². The van der Waals surface area contributed by atoms with Gasteiger partial charge in [-0.2, -0.15) is 0 Å². The summed E-state index contributed by atoms with van der Waals surface area (Å²) in [6.45, 7) is 3.34. The molecule has 2 atom stereocenters. The second-order valence-electron chi connectivity index (χ2n) is 4.06. The van der Waals surface area contributed by atoms with Gasteiger partial charge in [0.25, 0.3) is 0 Å². The van der Waals surface area contributed by atoms with Crippen LogP contribution in [0.5, 0.6) is 0 Å². The number of anilines is 1. The van der Waals surface area contributed by atoms with Gasteiger partial charge < -0.3 is 5.32 Å². The van der Waals surface area contributed by atoms with E-state index in [1.54, 1.807) is 12.1 Å². The second kappa shape index (κ2) is 5.95. The first-order valence-corrected chi connectivity index (χ1v) is 6.38. The van der Waals surface area contributed by atoms with Crippen molar-refractivity contribution in [3.05, 3.63) is 39.9 Å². The zero-order valence-corrected chi connectivity index (χ0v) is 12.1. The summed E-state index contributed by atoms with van der Waals surface area (Å²) in [5.41, 5.74) is 1.75. The average Bonchev–Trinajstić information content (AvgIpc) is 2.25. The van der Waals surface area contributed by atoms with Crippen LogP contribution in [0.4, 0.5) is 5.69 Å². The molecule has 4 nitrogen and oxygen atoms in total. The van der Waals surface area contributed by atoms with E-state index in [1.807, 2.05) is 19.1 Å². The summed E-state index contributed by atoms with van der Waals surface area (Å²) in [6.07, 6.45) is 0. The van der Waals surface area contributed by atoms with Crippen LogP contribution in [0.1, 0.15) is 12.5 Å². The quantitative estimate of drug-likeness (QED) is 0.522. The fourth-order valence-electron chi connectivity index (χ4n) is 1.43. The lowest BCUT2D eigenvalue weighted by molar-refractivity contribution is -0.520. The number of nitrogens with zero attached hydrogens (tertiary/aromatic N) is 1. The molecule has 1 aromatic carbocycles. The molecule has 0 aromatic heterocycles. The summed E-state index contributed by atoms with van der Waals surface area (Å²) in [5.74, 6) is 0. The van der Waals surface area contributed by atoms with Gasteiger partial charge in [0, 0.05) is 17.5 Å². The van der Waals surface area contributed by atoms with Crippen molar-refractivity contribution in [2.75, 3.05) is 5.32 Å². The van der Waals surface area contributed by atoms with Crippen molar-refractivity contribution in [2.24, 2.45) is 0 Å². The Morgan fingerprint density at radius 3 is 2.17 bits per heavy atom. The molecule has 0 radical (unpaired) electrons. The standard InChI is InChI=1S/C11H13Cl3N2O2/c1-7-3-5-9(6-4-7)15-10(11(12,13)14)8(2)16(17)18/h3-6,8,10,15H,1-2H3. The molecule has 2 unspecified atom stereocenters. The van der Waals surface area contributed by atoms with Gasteiger partial charge in [-0.3, -0.25) is 10.1 Å². The van der Waals surface area contributed by atoms with Gasteiger partial charge >= 0.3 is 0 Å². The third kappa shape index (κ3) is 4.19. The van der Waals surface area contributed by atoms with E-state index in [1.165, 1.54) is 6.92 Å².